The van der Waals surface area contributed by atoms with Gasteiger partial charge in [-0.3, -0.25) is 10.1 Å². The minimum absolute atomic E-state index is 0.335. The average Bonchev–Trinajstić information content (AvgIpc) is 2.53. The van der Waals surface area contributed by atoms with Gasteiger partial charge in [-0.15, -0.1) is 0 Å². The third-order valence-electron chi connectivity index (χ3n) is 3.31. The summed E-state index contributed by atoms with van der Waals surface area (Å²) in [6.07, 6.45) is -2.05. The number of ether oxygens (including phenoxy) is 3. The van der Waals surface area contributed by atoms with Crippen LogP contribution in [0.25, 0.3) is 0 Å². The van der Waals surface area contributed by atoms with E-state index in [1.165, 1.54) is 6.92 Å². The second-order valence-electron chi connectivity index (χ2n) is 5.58. The largest absolute Gasteiger partial charge is 0.482 e. The van der Waals surface area contributed by atoms with Crippen LogP contribution >= 0.6 is 0 Å². The molecule has 1 atom stereocenters. The zero-order chi connectivity index (χ0) is 18.3. The second-order valence-corrected chi connectivity index (χ2v) is 5.58. The Morgan fingerprint density at radius 1 is 1.17 bits per heavy atom. The first-order valence-corrected chi connectivity index (χ1v) is 7.56. The van der Waals surface area contributed by atoms with E-state index in [1.54, 1.807) is 0 Å². The summed E-state index contributed by atoms with van der Waals surface area (Å²) in [7, 11) is 1.13. The van der Waals surface area contributed by atoms with Crippen molar-refractivity contribution < 1.29 is 28.6 Å². The van der Waals surface area contributed by atoms with E-state index in [1.807, 2.05) is 30.4 Å². The summed E-state index contributed by atoms with van der Waals surface area (Å²) < 4.78 is 14.7. The fraction of sp³-hybridized carbons (Fsp3) is 0.471. The van der Waals surface area contributed by atoms with Crippen molar-refractivity contribution in [2.24, 2.45) is 0 Å². The third kappa shape index (κ3) is 5.91. The first kappa shape index (κ1) is 19.5. The molecule has 0 aromatic heterocycles. The molecule has 0 aliphatic heterocycles. The van der Waals surface area contributed by atoms with Gasteiger partial charge in [0.25, 0.3) is 5.91 Å². The van der Waals surface area contributed by atoms with Crippen LogP contribution in [0.3, 0.4) is 0 Å². The molecular weight excluding hydrogens is 314 g/mol. The van der Waals surface area contributed by atoms with Gasteiger partial charge in [-0.2, -0.15) is 0 Å². The molecule has 0 bridgehead atoms. The van der Waals surface area contributed by atoms with Crippen molar-refractivity contribution in [3.8, 4) is 5.75 Å². The van der Waals surface area contributed by atoms with E-state index in [4.69, 9.17) is 9.47 Å². The highest BCUT2D eigenvalue weighted by Crippen LogP contribution is 2.24. The highest BCUT2D eigenvalue weighted by atomic mass is 16.6. The Morgan fingerprint density at radius 3 is 2.42 bits per heavy atom. The minimum Gasteiger partial charge on any atom is -0.482 e. The number of nitrogens with one attached hydrogen (secondary N) is 1. The molecule has 7 heteroatoms. The molecule has 0 unspecified atom stereocenters. The molecule has 132 valence electrons. The summed E-state index contributed by atoms with van der Waals surface area (Å²) in [5.74, 6) is -0.559. The second kappa shape index (κ2) is 8.90. The van der Waals surface area contributed by atoms with E-state index in [2.05, 4.69) is 18.6 Å². The van der Waals surface area contributed by atoms with Crippen molar-refractivity contribution >= 4 is 18.0 Å². The molecule has 24 heavy (non-hydrogen) atoms. The lowest BCUT2D eigenvalue weighted by Crippen LogP contribution is -2.40. The van der Waals surface area contributed by atoms with Crippen LogP contribution in [0.15, 0.2) is 18.2 Å². The molecule has 0 spiro atoms. The maximum absolute atomic E-state index is 11.8. The number of imide groups is 1. The molecule has 0 fully saturated rings. The number of aryl methyl sites for hydroxylation is 1. The molecule has 1 N–H and O–H groups in total. The van der Waals surface area contributed by atoms with Crippen molar-refractivity contribution in [2.75, 3.05) is 13.7 Å². The van der Waals surface area contributed by atoms with Crippen molar-refractivity contribution in [3.05, 3.63) is 29.3 Å². The Morgan fingerprint density at radius 2 is 1.83 bits per heavy atom. The number of esters is 1. The van der Waals surface area contributed by atoms with Crippen LogP contribution in [-0.4, -0.2) is 37.8 Å². The molecule has 0 heterocycles. The molecule has 7 nitrogen and oxygen atoms in total. The van der Waals surface area contributed by atoms with Gasteiger partial charge in [-0.1, -0.05) is 26.0 Å². The van der Waals surface area contributed by atoms with Gasteiger partial charge in [-0.05, 0) is 37.0 Å². The normalized spacial score (nSPS) is 11.6. The topological polar surface area (TPSA) is 90.9 Å². The van der Waals surface area contributed by atoms with E-state index < -0.39 is 24.1 Å². The highest BCUT2D eigenvalue weighted by Gasteiger charge is 2.20. The summed E-state index contributed by atoms with van der Waals surface area (Å²) in [6.45, 7) is 7.00. The first-order valence-electron chi connectivity index (χ1n) is 7.56. The van der Waals surface area contributed by atoms with E-state index >= 15 is 0 Å². The van der Waals surface area contributed by atoms with Crippen LogP contribution in [0.2, 0.25) is 0 Å². The molecule has 0 radical (unpaired) electrons. The van der Waals surface area contributed by atoms with Crippen LogP contribution in [-0.2, 0) is 19.1 Å². The van der Waals surface area contributed by atoms with Gasteiger partial charge in [0.2, 0.25) is 0 Å². The lowest BCUT2D eigenvalue weighted by molar-refractivity contribution is -0.156. The standard InChI is InChI=1S/C17H23NO6/c1-10(2)13-7-6-11(3)14(8-13)23-9-15(19)24-12(4)16(20)18-17(21)22-5/h6-8,10,12H,9H2,1-5H3,(H,18,20,21)/t12-/m1/s1. The van der Waals surface area contributed by atoms with Gasteiger partial charge in [0.1, 0.15) is 5.75 Å². The Bertz CT molecular complexity index is 611. The Balaban J connectivity index is 2.56. The number of benzene rings is 1. The summed E-state index contributed by atoms with van der Waals surface area (Å²) >= 11 is 0. The number of methoxy groups -OCH3 is 1. The first-order chi connectivity index (χ1) is 11.2. The Hall–Kier alpha value is -2.57. The number of rotatable bonds is 6. The third-order valence-corrected chi connectivity index (χ3v) is 3.31. The molecular formula is C17H23NO6. The van der Waals surface area contributed by atoms with Gasteiger partial charge < -0.3 is 14.2 Å². The molecule has 1 aromatic rings. The molecule has 0 saturated heterocycles. The van der Waals surface area contributed by atoms with Crippen LogP contribution in [0.4, 0.5) is 4.79 Å². The number of carbonyl (C=O) groups is 3. The van der Waals surface area contributed by atoms with Gasteiger partial charge in [-0.25, -0.2) is 9.59 Å². The molecule has 0 saturated carbocycles. The number of amides is 2. The maximum Gasteiger partial charge on any atom is 0.413 e. The number of hydrogen-bond acceptors (Lipinski definition) is 6. The minimum atomic E-state index is -1.14. The molecule has 1 aromatic carbocycles. The average molecular weight is 337 g/mol. The van der Waals surface area contributed by atoms with Crippen molar-refractivity contribution in [1.29, 1.82) is 0 Å². The molecule has 0 aliphatic rings. The number of hydrogen-bond donors (Lipinski definition) is 1. The Labute approximate surface area is 141 Å². The highest BCUT2D eigenvalue weighted by molar-refractivity contribution is 5.95. The molecule has 0 aliphatic carbocycles. The monoisotopic (exact) mass is 337 g/mol. The predicted molar refractivity (Wildman–Crippen MR) is 86.9 cm³/mol. The van der Waals surface area contributed by atoms with Crippen LogP contribution in [0.5, 0.6) is 5.75 Å². The van der Waals surface area contributed by atoms with Gasteiger partial charge in [0.15, 0.2) is 12.7 Å². The zero-order valence-electron chi connectivity index (χ0n) is 14.5. The maximum atomic E-state index is 11.8. The number of alkyl carbamates (subject to hydrolysis) is 1. The quantitative estimate of drug-likeness (QED) is 0.801. The predicted octanol–water partition coefficient (Wildman–Crippen LogP) is 2.31. The van der Waals surface area contributed by atoms with E-state index in [0.29, 0.717) is 11.7 Å². The van der Waals surface area contributed by atoms with Crippen LogP contribution in [0, 0.1) is 6.92 Å². The molecule has 1 rings (SSSR count). The number of carbonyl (C=O) groups excluding carboxylic acids is 3. The SMILES string of the molecule is COC(=O)NC(=O)[C@@H](C)OC(=O)COc1cc(C(C)C)ccc1C. The lowest BCUT2D eigenvalue weighted by Gasteiger charge is -2.14. The summed E-state index contributed by atoms with van der Waals surface area (Å²) in [6, 6.07) is 5.80. The van der Waals surface area contributed by atoms with E-state index in [9.17, 15) is 14.4 Å². The van der Waals surface area contributed by atoms with E-state index in [-0.39, 0.29) is 6.61 Å². The van der Waals surface area contributed by atoms with Crippen LogP contribution in [0.1, 0.15) is 37.8 Å². The van der Waals surface area contributed by atoms with E-state index in [0.717, 1.165) is 18.2 Å². The summed E-state index contributed by atoms with van der Waals surface area (Å²) in [5, 5.41) is 1.92. The Kier molecular flexibility index (Phi) is 7.23. The van der Waals surface area contributed by atoms with Crippen molar-refractivity contribution in [1.82, 2.24) is 5.32 Å². The smallest absolute Gasteiger partial charge is 0.413 e. The van der Waals surface area contributed by atoms with Crippen molar-refractivity contribution in [2.45, 2.75) is 39.7 Å². The van der Waals surface area contributed by atoms with Gasteiger partial charge in [0, 0.05) is 0 Å². The molecule has 2 amide bonds. The fourth-order valence-corrected chi connectivity index (χ4v) is 1.81. The summed E-state index contributed by atoms with van der Waals surface area (Å²) in [5.41, 5.74) is 1.98. The summed E-state index contributed by atoms with van der Waals surface area (Å²) in [4.78, 5) is 34.3. The van der Waals surface area contributed by atoms with Gasteiger partial charge >= 0.3 is 12.1 Å². The van der Waals surface area contributed by atoms with Crippen molar-refractivity contribution in [3.63, 3.8) is 0 Å². The zero-order valence-corrected chi connectivity index (χ0v) is 14.5. The van der Waals surface area contributed by atoms with Crippen LogP contribution < -0.4 is 10.1 Å². The fourth-order valence-electron chi connectivity index (χ4n) is 1.81. The van der Waals surface area contributed by atoms with Gasteiger partial charge in [0.05, 0.1) is 7.11 Å². The lowest BCUT2D eigenvalue weighted by atomic mass is 10.0.